The first-order chi connectivity index (χ1) is 9.78. The van der Waals surface area contributed by atoms with E-state index >= 15 is 0 Å². The Hall–Kier alpha value is -0.410. The summed E-state index contributed by atoms with van der Waals surface area (Å²) in [6.07, 6.45) is 6.46. The highest BCUT2D eigenvalue weighted by atomic mass is 32.1. The first kappa shape index (κ1) is 17.0. The standard InChI is InChI=1S/C18H32N2S/c1-13(2)14-8-7-10-18(19-6,11-9-14)16-20-15(12-21-16)17(3,4)5/h12-14,19H,7-11H2,1-6H3. The molecule has 1 aromatic heterocycles. The molecule has 2 nitrogen and oxygen atoms in total. The highest BCUT2D eigenvalue weighted by molar-refractivity contribution is 7.09. The number of rotatable bonds is 3. The maximum Gasteiger partial charge on any atom is 0.113 e. The van der Waals surface area contributed by atoms with Crippen LogP contribution in [-0.2, 0) is 11.0 Å². The lowest BCUT2D eigenvalue weighted by atomic mass is 9.86. The van der Waals surface area contributed by atoms with Crippen LogP contribution in [0.1, 0.15) is 77.4 Å². The Morgan fingerprint density at radius 3 is 2.52 bits per heavy atom. The highest BCUT2D eigenvalue weighted by Gasteiger charge is 2.37. The third-order valence-corrected chi connectivity index (χ3v) is 6.27. The molecule has 0 spiro atoms. The van der Waals surface area contributed by atoms with Gasteiger partial charge >= 0.3 is 0 Å². The van der Waals surface area contributed by atoms with E-state index in [1.54, 1.807) is 0 Å². The van der Waals surface area contributed by atoms with Crippen LogP contribution in [-0.4, -0.2) is 12.0 Å². The van der Waals surface area contributed by atoms with Crippen LogP contribution in [0.15, 0.2) is 5.38 Å². The van der Waals surface area contributed by atoms with Crippen molar-refractivity contribution >= 4 is 11.3 Å². The van der Waals surface area contributed by atoms with Crippen LogP contribution in [0.5, 0.6) is 0 Å². The van der Waals surface area contributed by atoms with Gasteiger partial charge in [-0.1, -0.05) is 47.5 Å². The van der Waals surface area contributed by atoms with Crippen LogP contribution < -0.4 is 5.32 Å². The van der Waals surface area contributed by atoms with Gasteiger partial charge in [0.2, 0.25) is 0 Å². The second-order valence-corrected chi connectivity index (χ2v) is 8.91. The third-order valence-electron chi connectivity index (χ3n) is 5.22. The highest BCUT2D eigenvalue weighted by Crippen LogP contribution is 2.41. The molecule has 0 bridgehead atoms. The van der Waals surface area contributed by atoms with E-state index in [0.717, 1.165) is 11.8 Å². The number of thiazole rings is 1. The average molecular weight is 309 g/mol. The van der Waals surface area contributed by atoms with Crippen LogP contribution in [0.3, 0.4) is 0 Å². The van der Waals surface area contributed by atoms with Gasteiger partial charge in [0, 0.05) is 10.8 Å². The maximum atomic E-state index is 5.02. The summed E-state index contributed by atoms with van der Waals surface area (Å²) < 4.78 is 0. The number of hydrogen-bond donors (Lipinski definition) is 1. The average Bonchev–Trinajstić information content (AvgIpc) is 2.80. The zero-order valence-electron chi connectivity index (χ0n) is 14.6. The molecule has 1 heterocycles. The maximum absolute atomic E-state index is 5.02. The molecule has 1 aromatic rings. The Morgan fingerprint density at radius 2 is 2.00 bits per heavy atom. The minimum absolute atomic E-state index is 0.109. The van der Waals surface area contributed by atoms with Gasteiger partial charge in [0.05, 0.1) is 11.2 Å². The molecule has 1 saturated carbocycles. The van der Waals surface area contributed by atoms with Crippen molar-refractivity contribution in [2.45, 2.75) is 77.7 Å². The van der Waals surface area contributed by atoms with Crippen molar-refractivity contribution in [1.29, 1.82) is 0 Å². The van der Waals surface area contributed by atoms with Crippen molar-refractivity contribution in [3.8, 4) is 0 Å². The fourth-order valence-electron chi connectivity index (χ4n) is 3.44. The lowest BCUT2D eigenvalue weighted by Crippen LogP contribution is -2.39. The van der Waals surface area contributed by atoms with Crippen LogP contribution in [0.2, 0.25) is 0 Å². The minimum atomic E-state index is 0.109. The molecule has 2 rings (SSSR count). The molecule has 3 heteroatoms. The summed E-state index contributed by atoms with van der Waals surface area (Å²) in [6, 6.07) is 0. The summed E-state index contributed by atoms with van der Waals surface area (Å²) in [5.74, 6) is 1.68. The molecule has 2 atom stereocenters. The van der Waals surface area contributed by atoms with Gasteiger partial charge in [-0.3, -0.25) is 0 Å². The van der Waals surface area contributed by atoms with Crippen molar-refractivity contribution < 1.29 is 0 Å². The summed E-state index contributed by atoms with van der Waals surface area (Å²) in [5.41, 5.74) is 1.49. The molecule has 1 aliphatic rings. The normalized spacial score (nSPS) is 27.9. The van der Waals surface area contributed by atoms with E-state index in [-0.39, 0.29) is 11.0 Å². The topological polar surface area (TPSA) is 24.9 Å². The van der Waals surface area contributed by atoms with Crippen LogP contribution in [0, 0.1) is 11.8 Å². The van der Waals surface area contributed by atoms with E-state index < -0.39 is 0 Å². The van der Waals surface area contributed by atoms with Gasteiger partial charge in [0.15, 0.2) is 0 Å². The van der Waals surface area contributed by atoms with Gasteiger partial charge in [-0.25, -0.2) is 4.98 Å². The largest absolute Gasteiger partial charge is 0.308 e. The third kappa shape index (κ3) is 3.68. The predicted octanol–water partition coefficient (Wildman–Crippen LogP) is 5.09. The van der Waals surface area contributed by atoms with Crippen molar-refractivity contribution in [2.24, 2.45) is 11.8 Å². The smallest absolute Gasteiger partial charge is 0.113 e. The number of nitrogens with zero attached hydrogens (tertiary/aromatic N) is 1. The molecular formula is C18H32N2S. The molecule has 120 valence electrons. The van der Waals surface area contributed by atoms with Gasteiger partial charge < -0.3 is 5.32 Å². The van der Waals surface area contributed by atoms with Crippen molar-refractivity contribution in [3.05, 3.63) is 16.1 Å². The molecule has 0 aliphatic heterocycles. The van der Waals surface area contributed by atoms with Crippen LogP contribution in [0.25, 0.3) is 0 Å². The second kappa shape index (κ2) is 6.37. The summed E-state index contributed by atoms with van der Waals surface area (Å²) in [5, 5.41) is 7.21. The molecule has 0 radical (unpaired) electrons. The molecule has 2 unspecified atom stereocenters. The summed E-state index contributed by atoms with van der Waals surface area (Å²) in [7, 11) is 2.12. The quantitative estimate of drug-likeness (QED) is 0.787. The van der Waals surface area contributed by atoms with E-state index in [1.807, 2.05) is 11.3 Å². The van der Waals surface area contributed by atoms with E-state index in [9.17, 15) is 0 Å². The van der Waals surface area contributed by atoms with Gasteiger partial charge in [0.25, 0.3) is 0 Å². The zero-order valence-corrected chi connectivity index (χ0v) is 15.4. The molecule has 0 saturated heterocycles. The van der Waals surface area contributed by atoms with E-state index in [4.69, 9.17) is 4.98 Å². The van der Waals surface area contributed by atoms with E-state index in [0.29, 0.717) is 0 Å². The predicted molar refractivity (Wildman–Crippen MR) is 93.0 cm³/mol. The molecule has 21 heavy (non-hydrogen) atoms. The lowest BCUT2D eigenvalue weighted by molar-refractivity contribution is 0.291. The molecule has 0 amide bonds. The summed E-state index contributed by atoms with van der Waals surface area (Å²) >= 11 is 1.85. The monoisotopic (exact) mass is 308 g/mol. The van der Waals surface area contributed by atoms with Gasteiger partial charge in [0.1, 0.15) is 5.01 Å². The fraction of sp³-hybridized carbons (Fsp3) is 0.833. The first-order valence-electron chi connectivity index (χ1n) is 8.44. The zero-order chi connectivity index (χ0) is 15.7. The second-order valence-electron chi connectivity index (χ2n) is 8.06. The summed E-state index contributed by atoms with van der Waals surface area (Å²) in [6.45, 7) is 11.5. The minimum Gasteiger partial charge on any atom is -0.308 e. The van der Waals surface area contributed by atoms with Gasteiger partial charge in [-0.2, -0.15) is 0 Å². The van der Waals surface area contributed by atoms with E-state index in [1.165, 1.54) is 42.8 Å². The van der Waals surface area contributed by atoms with Crippen LogP contribution in [0.4, 0.5) is 0 Å². The molecule has 1 N–H and O–H groups in total. The number of nitrogens with one attached hydrogen (secondary N) is 1. The Balaban J connectivity index is 2.23. The lowest BCUT2D eigenvalue weighted by Gasteiger charge is -2.31. The Bertz CT molecular complexity index is 458. The molecule has 0 aromatic carbocycles. The Labute approximate surface area is 134 Å². The molecular weight excluding hydrogens is 276 g/mol. The fourth-order valence-corrected chi connectivity index (χ4v) is 4.75. The Kier molecular flexibility index (Phi) is 5.15. The van der Waals surface area contributed by atoms with Crippen molar-refractivity contribution in [3.63, 3.8) is 0 Å². The molecule has 1 aliphatic carbocycles. The summed E-state index contributed by atoms with van der Waals surface area (Å²) in [4.78, 5) is 5.02. The van der Waals surface area contributed by atoms with Gasteiger partial charge in [-0.05, 0) is 38.1 Å². The SMILES string of the molecule is CNC1(c2nc(C(C)(C)C)cs2)CCCC(C(C)C)CC1. The van der Waals surface area contributed by atoms with Crippen molar-refractivity contribution in [1.82, 2.24) is 10.3 Å². The molecule has 1 fully saturated rings. The number of aromatic nitrogens is 1. The van der Waals surface area contributed by atoms with Crippen LogP contribution >= 0.6 is 11.3 Å². The van der Waals surface area contributed by atoms with Gasteiger partial charge in [-0.15, -0.1) is 11.3 Å². The van der Waals surface area contributed by atoms with Crippen molar-refractivity contribution in [2.75, 3.05) is 7.05 Å². The van der Waals surface area contributed by atoms with E-state index in [2.05, 4.69) is 52.4 Å². The first-order valence-corrected chi connectivity index (χ1v) is 9.32. The Morgan fingerprint density at radius 1 is 1.29 bits per heavy atom. The number of hydrogen-bond acceptors (Lipinski definition) is 3.